The van der Waals surface area contributed by atoms with Gasteiger partial charge >= 0.3 is 0 Å². The molecule has 0 bridgehead atoms. The number of phenolic OH excluding ortho intramolecular Hbond substituents is 1. The Balaban J connectivity index is 1.36. The van der Waals surface area contributed by atoms with Gasteiger partial charge in [0, 0.05) is 37.8 Å². The van der Waals surface area contributed by atoms with Crippen LogP contribution in [0.5, 0.6) is 11.5 Å². The minimum Gasteiger partial charge on any atom is -0.505 e. The lowest BCUT2D eigenvalue weighted by atomic mass is 9.97. The van der Waals surface area contributed by atoms with Gasteiger partial charge in [0.25, 0.3) is 5.91 Å². The van der Waals surface area contributed by atoms with Gasteiger partial charge in [-0.05, 0) is 31.7 Å². The van der Waals surface area contributed by atoms with Gasteiger partial charge in [0.1, 0.15) is 29.8 Å². The number of phenols is 1. The van der Waals surface area contributed by atoms with E-state index in [1.54, 1.807) is 0 Å². The lowest BCUT2D eigenvalue weighted by molar-refractivity contribution is -0.117. The quantitative estimate of drug-likeness (QED) is 0.596. The number of amides is 1. The Bertz CT molecular complexity index is 787. The molecule has 2 unspecified atom stereocenters. The van der Waals surface area contributed by atoms with E-state index in [0.717, 1.165) is 43.3 Å². The summed E-state index contributed by atoms with van der Waals surface area (Å²) < 4.78 is 41.3. The number of rotatable bonds is 6. The molecule has 3 aliphatic rings. The first-order valence-corrected chi connectivity index (χ1v) is 10.6. The van der Waals surface area contributed by atoms with Gasteiger partial charge in [0.15, 0.2) is 5.82 Å². The number of fused-ring (bicyclic) bond motifs is 1. The van der Waals surface area contributed by atoms with Crippen molar-refractivity contribution in [1.29, 1.82) is 0 Å². The molecule has 2 atom stereocenters. The van der Waals surface area contributed by atoms with Crippen molar-refractivity contribution in [1.82, 2.24) is 10.0 Å². The number of carbonyl (C=O) groups excluding carboxylic acids is 1. The summed E-state index contributed by atoms with van der Waals surface area (Å²) in [6.45, 7) is 2.83. The molecule has 8 nitrogen and oxygen atoms in total. The fraction of sp³-hybridized carbons (Fsp3) is 0.611. The molecule has 0 radical (unpaired) electrons. The molecule has 28 heavy (non-hydrogen) atoms. The number of hydrogen-bond donors (Lipinski definition) is 3. The van der Waals surface area contributed by atoms with Gasteiger partial charge < -0.3 is 19.9 Å². The van der Waals surface area contributed by atoms with Crippen LogP contribution in [0.2, 0.25) is 0 Å². The predicted octanol–water partition coefficient (Wildman–Crippen LogP) is 0.756. The first kappa shape index (κ1) is 19.4. The molecule has 3 N–H and O–H groups in total. The molecule has 3 aliphatic heterocycles. The minimum atomic E-state index is -1.90. The van der Waals surface area contributed by atoms with Crippen LogP contribution in [0.25, 0.3) is 0 Å². The number of aromatic hydroxyl groups is 1. The number of nitrogens with one attached hydrogen (secondary N) is 2. The molecule has 1 amide bonds. The van der Waals surface area contributed by atoms with Gasteiger partial charge in [-0.2, -0.15) is 0 Å². The van der Waals surface area contributed by atoms with E-state index in [-0.39, 0.29) is 18.3 Å². The van der Waals surface area contributed by atoms with Crippen LogP contribution in [0, 0.1) is 11.7 Å². The Hall–Kier alpha value is -1.91. The van der Waals surface area contributed by atoms with E-state index >= 15 is 4.39 Å². The van der Waals surface area contributed by atoms with Crippen molar-refractivity contribution in [2.45, 2.75) is 31.8 Å². The Morgan fingerprint density at radius 1 is 1.39 bits per heavy atom. The summed E-state index contributed by atoms with van der Waals surface area (Å²) in [5, 5.41) is 13.6. The van der Waals surface area contributed by atoms with Crippen molar-refractivity contribution in [3.8, 4) is 11.5 Å². The normalized spacial score (nSPS) is 24.9. The third-order valence-corrected chi connectivity index (χ3v) is 6.50. The van der Waals surface area contributed by atoms with Crippen LogP contribution in [0.1, 0.15) is 24.8 Å². The monoisotopic (exact) mass is 413 g/mol. The summed E-state index contributed by atoms with van der Waals surface area (Å²) in [6.07, 6.45) is 3.37. The van der Waals surface area contributed by atoms with Crippen LogP contribution >= 0.6 is 0 Å². The molecule has 2 saturated heterocycles. The highest BCUT2D eigenvalue weighted by molar-refractivity contribution is 7.85. The third kappa shape index (κ3) is 3.94. The van der Waals surface area contributed by atoms with Crippen LogP contribution < -0.4 is 19.1 Å². The lowest BCUT2D eigenvalue weighted by Gasteiger charge is -2.22. The predicted molar refractivity (Wildman–Crippen MR) is 101 cm³/mol. The summed E-state index contributed by atoms with van der Waals surface area (Å²) in [4.78, 5) is 11.4. The second-order valence-corrected chi connectivity index (χ2v) is 8.48. The zero-order chi connectivity index (χ0) is 19.7. The number of anilines is 1. The van der Waals surface area contributed by atoms with E-state index in [2.05, 4.69) is 10.0 Å². The summed E-state index contributed by atoms with van der Waals surface area (Å²) in [6, 6.07) is 1.33. The maximum Gasteiger partial charge on any atom is 0.253 e. The number of hydrogen-bond acceptors (Lipinski definition) is 6. The Morgan fingerprint density at radius 2 is 2.18 bits per heavy atom. The van der Waals surface area contributed by atoms with Crippen LogP contribution in [-0.4, -0.2) is 54.2 Å². The van der Waals surface area contributed by atoms with Crippen molar-refractivity contribution in [3.05, 3.63) is 17.4 Å². The Morgan fingerprint density at radius 3 is 2.89 bits per heavy atom. The van der Waals surface area contributed by atoms with E-state index in [1.807, 2.05) is 0 Å². The molecule has 10 heteroatoms. The zero-order valence-electron chi connectivity index (χ0n) is 15.4. The molecule has 4 rings (SSSR count). The first-order chi connectivity index (χ1) is 13.5. The van der Waals surface area contributed by atoms with Crippen LogP contribution in [0.4, 0.5) is 10.1 Å². The first-order valence-electron chi connectivity index (χ1n) is 9.51. The van der Waals surface area contributed by atoms with Crippen LogP contribution in [0.3, 0.4) is 0 Å². The van der Waals surface area contributed by atoms with Crippen molar-refractivity contribution < 1.29 is 28.0 Å². The molecule has 154 valence electrons. The average Bonchev–Trinajstić information content (AvgIpc) is 3.22. The van der Waals surface area contributed by atoms with Gasteiger partial charge in [-0.1, -0.05) is 0 Å². The van der Waals surface area contributed by atoms with Crippen LogP contribution in [0.15, 0.2) is 6.07 Å². The van der Waals surface area contributed by atoms with Crippen molar-refractivity contribution in [3.63, 3.8) is 0 Å². The molecule has 1 aromatic carbocycles. The van der Waals surface area contributed by atoms with Crippen LogP contribution in [-0.2, 0) is 27.1 Å². The summed E-state index contributed by atoms with van der Waals surface area (Å²) in [5.74, 6) is -0.601. The molecule has 0 aromatic heterocycles. The van der Waals surface area contributed by atoms with Gasteiger partial charge in [-0.25, -0.2) is 8.60 Å². The highest BCUT2D eigenvalue weighted by Gasteiger charge is 2.36. The SMILES string of the molecule is O=C1CN(c2c(O)cc3c(c2F)CC(CNCCC2CCOCC2)O3)S(=O)N1. The second-order valence-electron chi connectivity index (χ2n) is 7.34. The van der Waals surface area contributed by atoms with Crippen molar-refractivity contribution in [2.24, 2.45) is 5.92 Å². The standard InChI is InChI=1S/C18H24FN3O5S/c19-17-13-7-12(9-20-4-1-11-2-5-26-6-3-11)27-15(13)8-14(23)18(17)22-10-16(24)21-28(22)25/h8,11-12,20,23H,1-7,9-10H2,(H,21,24). The maximum atomic E-state index is 15.0. The molecule has 3 heterocycles. The Labute approximate surface area is 165 Å². The van der Waals surface area contributed by atoms with Crippen molar-refractivity contribution >= 4 is 22.8 Å². The summed E-state index contributed by atoms with van der Waals surface area (Å²) >= 11 is -1.90. The molecule has 1 aromatic rings. The smallest absolute Gasteiger partial charge is 0.253 e. The van der Waals surface area contributed by atoms with E-state index in [4.69, 9.17) is 9.47 Å². The van der Waals surface area contributed by atoms with Gasteiger partial charge in [0.2, 0.25) is 11.2 Å². The highest BCUT2D eigenvalue weighted by atomic mass is 32.2. The fourth-order valence-electron chi connectivity index (χ4n) is 3.88. The van der Waals surface area contributed by atoms with E-state index < -0.39 is 28.6 Å². The largest absolute Gasteiger partial charge is 0.505 e. The number of carbonyl (C=O) groups is 1. The highest BCUT2D eigenvalue weighted by Crippen LogP contribution is 2.42. The fourth-order valence-corrected chi connectivity index (χ4v) is 4.82. The molecule has 0 spiro atoms. The van der Waals surface area contributed by atoms with E-state index in [9.17, 15) is 14.1 Å². The summed E-state index contributed by atoms with van der Waals surface area (Å²) in [7, 11) is 0. The number of halogens is 1. The molecule has 0 saturated carbocycles. The number of ether oxygens (including phenoxy) is 2. The maximum absolute atomic E-state index is 15.0. The molecular formula is C18H24FN3O5S. The molecule has 2 fully saturated rings. The topological polar surface area (TPSA) is 100 Å². The van der Waals surface area contributed by atoms with E-state index in [1.165, 1.54) is 6.07 Å². The summed E-state index contributed by atoms with van der Waals surface area (Å²) in [5.41, 5.74) is 0.104. The second kappa shape index (κ2) is 8.22. The number of benzene rings is 1. The Kier molecular flexibility index (Phi) is 5.70. The minimum absolute atomic E-state index is 0.229. The molecular weight excluding hydrogens is 389 g/mol. The van der Waals surface area contributed by atoms with Gasteiger partial charge in [0.05, 0.1) is 0 Å². The average molecular weight is 413 g/mol. The van der Waals surface area contributed by atoms with Gasteiger partial charge in [-0.15, -0.1) is 0 Å². The zero-order valence-corrected chi connectivity index (χ0v) is 16.2. The van der Waals surface area contributed by atoms with Crippen molar-refractivity contribution in [2.75, 3.05) is 37.2 Å². The lowest BCUT2D eigenvalue weighted by Crippen LogP contribution is -2.32. The third-order valence-electron chi connectivity index (χ3n) is 5.39. The van der Waals surface area contributed by atoms with Gasteiger partial charge in [-0.3, -0.25) is 13.8 Å². The number of nitrogens with zero attached hydrogens (tertiary/aromatic N) is 1. The van der Waals surface area contributed by atoms with E-state index in [0.29, 0.717) is 30.2 Å². The molecule has 0 aliphatic carbocycles.